The molecular formula is C21H19N5O3. The third-order valence-electron chi connectivity index (χ3n) is 4.82. The predicted molar refractivity (Wildman–Crippen MR) is 110 cm³/mol. The van der Waals surface area contributed by atoms with Gasteiger partial charge in [0.1, 0.15) is 5.52 Å². The molecule has 1 aliphatic heterocycles. The molecule has 0 radical (unpaired) electrons. The molecule has 1 N–H and O–H groups in total. The van der Waals surface area contributed by atoms with Gasteiger partial charge in [0, 0.05) is 37.5 Å². The van der Waals surface area contributed by atoms with Crippen LogP contribution in [0, 0.1) is 0 Å². The van der Waals surface area contributed by atoms with E-state index in [0.717, 1.165) is 35.4 Å². The topological polar surface area (TPSA) is 93.4 Å². The Morgan fingerprint density at radius 2 is 2.00 bits per heavy atom. The van der Waals surface area contributed by atoms with E-state index >= 15 is 0 Å². The monoisotopic (exact) mass is 389 g/mol. The van der Waals surface area contributed by atoms with E-state index < -0.39 is 0 Å². The van der Waals surface area contributed by atoms with Crippen molar-refractivity contribution in [2.75, 3.05) is 36.5 Å². The fourth-order valence-electron chi connectivity index (χ4n) is 3.52. The minimum Gasteiger partial charge on any atom is -0.432 e. The van der Waals surface area contributed by atoms with Crippen LogP contribution in [0.2, 0.25) is 0 Å². The summed E-state index contributed by atoms with van der Waals surface area (Å²) in [6, 6.07) is 11.3. The molecule has 0 bridgehead atoms. The molecule has 5 rings (SSSR count). The van der Waals surface area contributed by atoms with Gasteiger partial charge in [0.15, 0.2) is 17.2 Å². The Hall–Kier alpha value is -3.52. The van der Waals surface area contributed by atoms with Gasteiger partial charge in [-0.3, -0.25) is 4.79 Å². The van der Waals surface area contributed by atoms with Crippen LogP contribution in [0.3, 0.4) is 0 Å². The first-order valence-corrected chi connectivity index (χ1v) is 9.45. The Kier molecular flexibility index (Phi) is 4.33. The maximum atomic E-state index is 11.4. The number of anilines is 2. The number of ether oxygens (including phenoxy) is 1. The molecule has 1 aromatic carbocycles. The van der Waals surface area contributed by atoms with Crippen LogP contribution in [0.1, 0.15) is 6.92 Å². The van der Waals surface area contributed by atoms with E-state index in [2.05, 4.69) is 15.2 Å². The molecule has 1 fully saturated rings. The SMILES string of the molecule is CC(=O)Nc1cccc(-c2nc(N3CCOCC3)c3oc4ncccc4c3n2)c1. The van der Waals surface area contributed by atoms with Crippen LogP contribution in [-0.4, -0.2) is 47.2 Å². The van der Waals surface area contributed by atoms with Gasteiger partial charge in [-0.25, -0.2) is 15.0 Å². The number of furan rings is 1. The summed E-state index contributed by atoms with van der Waals surface area (Å²) in [4.78, 5) is 27.5. The smallest absolute Gasteiger partial charge is 0.229 e. The molecule has 8 heteroatoms. The van der Waals surface area contributed by atoms with Crippen molar-refractivity contribution >= 4 is 39.6 Å². The number of fused-ring (bicyclic) bond motifs is 3. The molecule has 4 aromatic rings. The molecule has 146 valence electrons. The van der Waals surface area contributed by atoms with E-state index in [1.54, 1.807) is 6.20 Å². The van der Waals surface area contributed by atoms with E-state index in [1.807, 2.05) is 36.4 Å². The lowest BCUT2D eigenvalue weighted by Gasteiger charge is -2.27. The standard InChI is InChI=1S/C21H19N5O3/c1-13(27)23-15-5-2-4-14(12-15)19-24-17-16-6-3-7-22-21(16)29-18(17)20(25-19)26-8-10-28-11-9-26/h2-7,12H,8-11H2,1H3,(H,23,27). The molecule has 1 saturated heterocycles. The predicted octanol–water partition coefficient (Wildman–Crippen LogP) is 3.23. The second kappa shape index (κ2) is 7.14. The van der Waals surface area contributed by atoms with Crippen molar-refractivity contribution < 1.29 is 13.9 Å². The average molecular weight is 389 g/mol. The third kappa shape index (κ3) is 3.27. The second-order valence-corrected chi connectivity index (χ2v) is 6.87. The molecule has 4 heterocycles. The summed E-state index contributed by atoms with van der Waals surface area (Å²) in [5, 5.41) is 3.65. The third-order valence-corrected chi connectivity index (χ3v) is 4.82. The number of rotatable bonds is 3. The van der Waals surface area contributed by atoms with Gasteiger partial charge >= 0.3 is 0 Å². The van der Waals surface area contributed by atoms with Crippen molar-refractivity contribution in [3.8, 4) is 11.4 Å². The average Bonchev–Trinajstić information content (AvgIpc) is 3.12. The van der Waals surface area contributed by atoms with Gasteiger partial charge in [-0.05, 0) is 24.3 Å². The van der Waals surface area contributed by atoms with Crippen LogP contribution in [0.4, 0.5) is 11.5 Å². The highest BCUT2D eigenvalue weighted by molar-refractivity contribution is 6.05. The first-order valence-electron chi connectivity index (χ1n) is 9.45. The van der Waals surface area contributed by atoms with Crippen molar-refractivity contribution in [1.82, 2.24) is 15.0 Å². The van der Waals surface area contributed by atoms with Gasteiger partial charge in [0.2, 0.25) is 11.6 Å². The van der Waals surface area contributed by atoms with Crippen molar-refractivity contribution in [2.24, 2.45) is 0 Å². The number of amides is 1. The van der Waals surface area contributed by atoms with Crippen LogP contribution < -0.4 is 10.2 Å². The maximum Gasteiger partial charge on any atom is 0.229 e. The number of nitrogens with zero attached hydrogens (tertiary/aromatic N) is 4. The number of morpholine rings is 1. The van der Waals surface area contributed by atoms with Crippen molar-refractivity contribution in [3.05, 3.63) is 42.6 Å². The lowest BCUT2D eigenvalue weighted by Crippen LogP contribution is -2.37. The number of pyridine rings is 1. The Labute approximate surface area is 166 Å². The van der Waals surface area contributed by atoms with Crippen LogP contribution in [0.25, 0.3) is 33.6 Å². The van der Waals surface area contributed by atoms with Gasteiger partial charge < -0.3 is 19.4 Å². The number of carbonyl (C=O) groups excluding carboxylic acids is 1. The summed E-state index contributed by atoms with van der Waals surface area (Å²) in [5.41, 5.74) is 3.40. The van der Waals surface area contributed by atoms with Crippen molar-refractivity contribution in [3.63, 3.8) is 0 Å². The van der Waals surface area contributed by atoms with Crippen molar-refractivity contribution in [2.45, 2.75) is 6.92 Å². The van der Waals surface area contributed by atoms with E-state index in [4.69, 9.17) is 19.1 Å². The minimum absolute atomic E-state index is 0.126. The molecule has 0 saturated carbocycles. The fraction of sp³-hybridized carbons (Fsp3) is 0.238. The Bertz CT molecular complexity index is 1210. The van der Waals surface area contributed by atoms with Gasteiger partial charge in [0.05, 0.1) is 18.6 Å². The highest BCUT2D eigenvalue weighted by Crippen LogP contribution is 2.34. The number of benzene rings is 1. The summed E-state index contributed by atoms with van der Waals surface area (Å²) in [5.74, 6) is 1.17. The molecule has 0 unspecified atom stereocenters. The second-order valence-electron chi connectivity index (χ2n) is 6.87. The molecule has 0 aliphatic carbocycles. The number of aromatic nitrogens is 3. The summed E-state index contributed by atoms with van der Waals surface area (Å²) in [6.07, 6.45) is 1.70. The minimum atomic E-state index is -0.126. The van der Waals surface area contributed by atoms with Gasteiger partial charge in [-0.1, -0.05) is 12.1 Å². The number of hydrogen-bond donors (Lipinski definition) is 1. The quantitative estimate of drug-likeness (QED) is 0.575. The van der Waals surface area contributed by atoms with Crippen LogP contribution in [-0.2, 0) is 9.53 Å². The number of nitrogens with one attached hydrogen (secondary N) is 1. The summed E-state index contributed by atoms with van der Waals surface area (Å²) >= 11 is 0. The largest absolute Gasteiger partial charge is 0.432 e. The van der Waals surface area contributed by atoms with Gasteiger partial charge in [0.25, 0.3) is 0 Å². The maximum absolute atomic E-state index is 11.4. The van der Waals surface area contributed by atoms with E-state index in [0.29, 0.717) is 36.0 Å². The first kappa shape index (κ1) is 17.6. The Balaban J connectivity index is 1.71. The highest BCUT2D eigenvalue weighted by atomic mass is 16.5. The lowest BCUT2D eigenvalue weighted by molar-refractivity contribution is -0.114. The molecule has 29 heavy (non-hydrogen) atoms. The molecule has 1 amide bonds. The summed E-state index contributed by atoms with van der Waals surface area (Å²) in [6.45, 7) is 4.20. The lowest BCUT2D eigenvalue weighted by atomic mass is 10.1. The molecule has 0 spiro atoms. The van der Waals surface area contributed by atoms with Crippen LogP contribution in [0.5, 0.6) is 0 Å². The molecule has 8 nitrogen and oxygen atoms in total. The van der Waals surface area contributed by atoms with Gasteiger partial charge in [-0.2, -0.15) is 0 Å². The molecule has 0 atom stereocenters. The zero-order valence-corrected chi connectivity index (χ0v) is 15.9. The van der Waals surface area contributed by atoms with Crippen molar-refractivity contribution in [1.29, 1.82) is 0 Å². The summed E-state index contributed by atoms with van der Waals surface area (Å²) in [7, 11) is 0. The molecule has 1 aliphatic rings. The van der Waals surface area contributed by atoms with Crippen LogP contribution >= 0.6 is 0 Å². The highest BCUT2D eigenvalue weighted by Gasteiger charge is 2.22. The summed E-state index contributed by atoms with van der Waals surface area (Å²) < 4.78 is 11.5. The van der Waals surface area contributed by atoms with Gasteiger partial charge in [-0.15, -0.1) is 0 Å². The zero-order valence-electron chi connectivity index (χ0n) is 15.9. The first-order chi connectivity index (χ1) is 14.2. The number of carbonyl (C=O) groups is 1. The number of hydrogen-bond acceptors (Lipinski definition) is 7. The van der Waals surface area contributed by atoms with Crippen LogP contribution in [0.15, 0.2) is 47.0 Å². The molecular weight excluding hydrogens is 370 g/mol. The normalized spacial score (nSPS) is 14.4. The van der Waals surface area contributed by atoms with E-state index in [1.165, 1.54) is 6.92 Å². The zero-order chi connectivity index (χ0) is 19.8. The van der Waals surface area contributed by atoms with E-state index in [-0.39, 0.29) is 5.91 Å². The fourth-order valence-corrected chi connectivity index (χ4v) is 3.52. The Morgan fingerprint density at radius 3 is 2.83 bits per heavy atom. The Morgan fingerprint density at radius 1 is 1.14 bits per heavy atom. The molecule has 3 aromatic heterocycles. The van der Waals surface area contributed by atoms with E-state index in [9.17, 15) is 4.79 Å².